The number of nitriles is 1. The maximum Gasteiger partial charge on any atom is 0.242 e. The summed E-state index contributed by atoms with van der Waals surface area (Å²) in [5, 5.41) is 8.79. The Morgan fingerprint density at radius 2 is 2.00 bits per heavy atom. The van der Waals surface area contributed by atoms with E-state index in [4.69, 9.17) is 28.5 Å². The van der Waals surface area contributed by atoms with Gasteiger partial charge in [0.2, 0.25) is 10.0 Å². The number of benzene rings is 1. The second-order valence-corrected chi connectivity index (χ2v) is 6.17. The molecule has 0 unspecified atom stereocenters. The first kappa shape index (κ1) is 15.3. The minimum absolute atomic E-state index is 0.0306. The summed E-state index contributed by atoms with van der Waals surface area (Å²) in [7, 11) is -3.65. The van der Waals surface area contributed by atoms with E-state index in [2.05, 4.69) is 4.72 Å². The molecule has 0 aromatic heterocycles. The number of rotatable bonds is 6. The van der Waals surface area contributed by atoms with Crippen LogP contribution in [-0.4, -0.2) is 15.0 Å². The fourth-order valence-corrected chi connectivity index (χ4v) is 3.13. The van der Waals surface area contributed by atoms with Crippen LogP contribution in [0.1, 0.15) is 19.3 Å². The molecule has 0 aliphatic rings. The van der Waals surface area contributed by atoms with Crippen LogP contribution in [0.5, 0.6) is 0 Å². The summed E-state index contributed by atoms with van der Waals surface area (Å²) in [6.07, 6.45) is 1.67. The maximum atomic E-state index is 11.9. The highest BCUT2D eigenvalue weighted by molar-refractivity contribution is 7.89. The summed E-state index contributed by atoms with van der Waals surface area (Å²) in [6, 6.07) is 6.27. The highest BCUT2D eigenvalue weighted by Gasteiger charge is 2.17. The predicted molar refractivity (Wildman–Crippen MR) is 71.1 cm³/mol. The van der Waals surface area contributed by atoms with Crippen LogP contribution in [0.15, 0.2) is 23.1 Å². The molecule has 0 fully saturated rings. The first-order valence-corrected chi connectivity index (χ1v) is 7.53. The molecular formula is C11H12Cl2N2O2S. The predicted octanol–water partition coefficient (Wildman–Crippen LogP) is 2.97. The van der Waals surface area contributed by atoms with Crippen LogP contribution in [0, 0.1) is 11.3 Å². The average Bonchev–Trinajstić information content (AvgIpc) is 2.32. The molecule has 0 bridgehead atoms. The molecule has 0 spiro atoms. The van der Waals surface area contributed by atoms with Crippen molar-refractivity contribution in [2.24, 2.45) is 0 Å². The van der Waals surface area contributed by atoms with Gasteiger partial charge in [0.05, 0.1) is 11.1 Å². The highest BCUT2D eigenvalue weighted by Crippen LogP contribution is 2.24. The van der Waals surface area contributed by atoms with Gasteiger partial charge in [-0.05, 0) is 31.0 Å². The molecule has 1 N–H and O–H groups in total. The van der Waals surface area contributed by atoms with E-state index in [1.165, 1.54) is 18.2 Å². The summed E-state index contributed by atoms with van der Waals surface area (Å²) in [6.45, 7) is 0.271. The number of unbranched alkanes of at least 4 members (excludes halogenated alkanes) is 2. The van der Waals surface area contributed by atoms with Crippen molar-refractivity contribution in [3.8, 4) is 6.07 Å². The van der Waals surface area contributed by atoms with Crippen molar-refractivity contribution in [2.45, 2.75) is 24.2 Å². The first-order valence-electron chi connectivity index (χ1n) is 5.29. The molecule has 7 heteroatoms. The Balaban J connectivity index is 2.69. The standard InChI is InChI=1S/C11H12Cl2N2O2S/c12-9-4-5-10(13)11(8-9)18(16,17)15-7-3-1-2-6-14/h4-5,8,15H,1-3,7H2. The van der Waals surface area contributed by atoms with Crippen molar-refractivity contribution in [2.75, 3.05) is 6.54 Å². The monoisotopic (exact) mass is 306 g/mol. The van der Waals surface area contributed by atoms with E-state index in [1.807, 2.05) is 6.07 Å². The van der Waals surface area contributed by atoms with E-state index in [-0.39, 0.29) is 16.5 Å². The van der Waals surface area contributed by atoms with Gasteiger partial charge in [-0.15, -0.1) is 0 Å². The SMILES string of the molecule is N#CCCCCNS(=O)(=O)c1cc(Cl)ccc1Cl. The van der Waals surface area contributed by atoms with Gasteiger partial charge in [-0.1, -0.05) is 23.2 Å². The fourth-order valence-electron chi connectivity index (χ4n) is 1.30. The van der Waals surface area contributed by atoms with Crippen LogP contribution in [-0.2, 0) is 10.0 Å². The molecule has 0 saturated carbocycles. The second kappa shape index (κ2) is 6.95. The summed E-state index contributed by atoms with van der Waals surface area (Å²) >= 11 is 11.6. The number of hydrogen-bond donors (Lipinski definition) is 1. The Labute approximate surface area is 117 Å². The number of hydrogen-bond acceptors (Lipinski definition) is 3. The average molecular weight is 307 g/mol. The molecule has 0 atom stereocenters. The van der Waals surface area contributed by atoms with E-state index in [0.717, 1.165) is 0 Å². The molecular weight excluding hydrogens is 295 g/mol. The maximum absolute atomic E-state index is 11.9. The third-order valence-electron chi connectivity index (χ3n) is 2.19. The van der Waals surface area contributed by atoms with Gasteiger partial charge < -0.3 is 0 Å². The quantitative estimate of drug-likeness (QED) is 0.821. The molecule has 0 aliphatic heterocycles. The summed E-state index contributed by atoms with van der Waals surface area (Å²) < 4.78 is 26.3. The van der Waals surface area contributed by atoms with Gasteiger partial charge in [-0.2, -0.15) is 5.26 Å². The van der Waals surface area contributed by atoms with Gasteiger partial charge in [-0.3, -0.25) is 0 Å². The van der Waals surface area contributed by atoms with E-state index in [0.29, 0.717) is 24.3 Å². The second-order valence-electron chi connectivity index (χ2n) is 3.59. The third-order valence-corrected chi connectivity index (χ3v) is 4.37. The first-order chi connectivity index (χ1) is 8.47. The van der Waals surface area contributed by atoms with Gasteiger partial charge in [0.15, 0.2) is 0 Å². The molecule has 0 radical (unpaired) electrons. The van der Waals surface area contributed by atoms with Crippen molar-refractivity contribution in [3.05, 3.63) is 28.2 Å². The minimum atomic E-state index is -3.65. The number of nitrogens with zero attached hydrogens (tertiary/aromatic N) is 1. The largest absolute Gasteiger partial charge is 0.242 e. The lowest BCUT2D eigenvalue weighted by Crippen LogP contribution is -2.25. The van der Waals surface area contributed by atoms with E-state index >= 15 is 0 Å². The Morgan fingerprint density at radius 1 is 1.28 bits per heavy atom. The van der Waals surface area contributed by atoms with Crippen LogP contribution in [0.4, 0.5) is 0 Å². The number of nitrogens with one attached hydrogen (secondary N) is 1. The van der Waals surface area contributed by atoms with E-state index in [1.54, 1.807) is 0 Å². The normalized spacial score (nSPS) is 11.2. The van der Waals surface area contributed by atoms with Crippen molar-refractivity contribution in [1.82, 2.24) is 4.72 Å². The van der Waals surface area contributed by atoms with Gasteiger partial charge in [0.25, 0.3) is 0 Å². The minimum Gasteiger partial charge on any atom is -0.211 e. The van der Waals surface area contributed by atoms with Crippen molar-refractivity contribution in [3.63, 3.8) is 0 Å². The van der Waals surface area contributed by atoms with Gasteiger partial charge in [0.1, 0.15) is 4.90 Å². The number of halogens is 2. The van der Waals surface area contributed by atoms with E-state index in [9.17, 15) is 8.42 Å². The van der Waals surface area contributed by atoms with E-state index < -0.39 is 10.0 Å². The van der Waals surface area contributed by atoms with Gasteiger partial charge in [-0.25, -0.2) is 13.1 Å². The third kappa shape index (κ3) is 4.46. The summed E-state index contributed by atoms with van der Waals surface area (Å²) in [4.78, 5) is -0.0306. The molecule has 0 saturated heterocycles. The van der Waals surface area contributed by atoms with Crippen LogP contribution >= 0.6 is 23.2 Å². The van der Waals surface area contributed by atoms with Gasteiger partial charge >= 0.3 is 0 Å². The van der Waals surface area contributed by atoms with Crippen molar-refractivity contribution < 1.29 is 8.42 Å². The molecule has 0 aliphatic carbocycles. The summed E-state index contributed by atoms with van der Waals surface area (Å²) in [5.41, 5.74) is 0. The molecule has 1 rings (SSSR count). The smallest absolute Gasteiger partial charge is 0.211 e. The van der Waals surface area contributed by atoms with Crippen LogP contribution in [0.2, 0.25) is 10.0 Å². The Bertz CT molecular complexity index is 553. The molecule has 18 heavy (non-hydrogen) atoms. The molecule has 0 heterocycles. The highest BCUT2D eigenvalue weighted by atomic mass is 35.5. The molecule has 4 nitrogen and oxygen atoms in total. The topological polar surface area (TPSA) is 70.0 Å². The molecule has 0 amide bonds. The Morgan fingerprint density at radius 3 is 2.67 bits per heavy atom. The van der Waals surface area contributed by atoms with Crippen LogP contribution < -0.4 is 4.72 Å². The lowest BCUT2D eigenvalue weighted by molar-refractivity contribution is 0.577. The zero-order chi connectivity index (χ0) is 13.6. The van der Waals surface area contributed by atoms with Crippen LogP contribution in [0.3, 0.4) is 0 Å². The van der Waals surface area contributed by atoms with Crippen LogP contribution in [0.25, 0.3) is 0 Å². The molecule has 1 aromatic carbocycles. The van der Waals surface area contributed by atoms with Crippen molar-refractivity contribution in [1.29, 1.82) is 5.26 Å². The zero-order valence-corrected chi connectivity index (χ0v) is 11.8. The number of sulfonamides is 1. The molecule has 98 valence electrons. The molecule has 1 aromatic rings. The lowest BCUT2D eigenvalue weighted by atomic mass is 10.2. The fraction of sp³-hybridized carbons (Fsp3) is 0.364. The lowest BCUT2D eigenvalue weighted by Gasteiger charge is -2.08. The Hall–Kier alpha value is -0.800. The Kier molecular flexibility index (Phi) is 5.89. The summed E-state index contributed by atoms with van der Waals surface area (Å²) in [5.74, 6) is 0. The zero-order valence-electron chi connectivity index (χ0n) is 9.49. The van der Waals surface area contributed by atoms with Crippen molar-refractivity contribution >= 4 is 33.2 Å². The van der Waals surface area contributed by atoms with Gasteiger partial charge in [0, 0.05) is 18.0 Å².